The third-order valence-corrected chi connectivity index (χ3v) is 3.91. The zero-order chi connectivity index (χ0) is 17.1. The van der Waals surface area contributed by atoms with Gasteiger partial charge in [-0.3, -0.25) is 0 Å². The number of methoxy groups -OCH3 is 2. The maximum Gasteiger partial charge on any atom is 0.363 e. The molecule has 0 bridgehead atoms. The first kappa shape index (κ1) is 16.3. The Kier molecular flexibility index (Phi) is 4.66. The van der Waals surface area contributed by atoms with Gasteiger partial charge in [-0.05, 0) is 30.3 Å². The zero-order valence-corrected chi connectivity index (χ0v) is 14.7. The molecule has 0 spiro atoms. The summed E-state index contributed by atoms with van der Waals surface area (Å²) >= 11 is 3.39. The van der Waals surface area contributed by atoms with Gasteiger partial charge in [-0.1, -0.05) is 34.1 Å². The highest BCUT2D eigenvalue weighted by molar-refractivity contribution is 9.10. The smallest absolute Gasteiger partial charge is 0.363 e. The van der Waals surface area contributed by atoms with Crippen LogP contribution in [0, 0.1) is 0 Å². The number of esters is 1. The van der Waals surface area contributed by atoms with E-state index in [9.17, 15) is 4.79 Å². The maximum absolute atomic E-state index is 12.1. The van der Waals surface area contributed by atoms with Crippen LogP contribution in [0.3, 0.4) is 0 Å². The first-order valence-electron chi connectivity index (χ1n) is 7.12. The van der Waals surface area contributed by atoms with E-state index in [1.807, 2.05) is 36.4 Å². The van der Waals surface area contributed by atoms with E-state index in [1.165, 1.54) is 0 Å². The molecule has 2 aromatic carbocycles. The van der Waals surface area contributed by atoms with Gasteiger partial charge in [0.05, 0.1) is 14.2 Å². The third-order valence-electron chi connectivity index (χ3n) is 3.42. The van der Waals surface area contributed by atoms with Crippen molar-refractivity contribution in [1.82, 2.24) is 0 Å². The van der Waals surface area contributed by atoms with Crippen molar-refractivity contribution in [3.8, 4) is 11.5 Å². The van der Waals surface area contributed by atoms with E-state index in [0.717, 1.165) is 10.0 Å². The number of ether oxygens (including phenoxy) is 3. The normalized spacial score (nSPS) is 15.2. The second-order valence-corrected chi connectivity index (χ2v) is 5.84. The molecule has 0 saturated heterocycles. The number of para-hydroxylation sites is 1. The van der Waals surface area contributed by atoms with Gasteiger partial charge >= 0.3 is 5.97 Å². The SMILES string of the molecule is COc1cccc(/C=C2/N=C(c3cccc(Br)c3)OC2=O)c1OC. The molecule has 0 radical (unpaired) electrons. The highest BCUT2D eigenvalue weighted by atomic mass is 79.9. The Morgan fingerprint density at radius 2 is 1.92 bits per heavy atom. The Hall–Kier alpha value is -2.60. The lowest BCUT2D eigenvalue weighted by Gasteiger charge is -2.09. The Bertz CT molecular complexity index is 858. The molecular formula is C18H14BrNO4. The van der Waals surface area contributed by atoms with Gasteiger partial charge in [0.25, 0.3) is 0 Å². The highest BCUT2D eigenvalue weighted by Gasteiger charge is 2.25. The number of carbonyl (C=O) groups excluding carboxylic acids is 1. The molecule has 3 rings (SSSR count). The minimum absolute atomic E-state index is 0.205. The van der Waals surface area contributed by atoms with E-state index in [-0.39, 0.29) is 11.6 Å². The van der Waals surface area contributed by atoms with Crippen LogP contribution in [0.5, 0.6) is 11.5 Å². The van der Waals surface area contributed by atoms with E-state index in [1.54, 1.807) is 26.4 Å². The molecule has 0 amide bonds. The van der Waals surface area contributed by atoms with Crippen LogP contribution in [-0.2, 0) is 9.53 Å². The molecule has 1 aliphatic rings. The molecule has 0 aromatic heterocycles. The zero-order valence-electron chi connectivity index (χ0n) is 13.1. The molecule has 0 N–H and O–H groups in total. The number of hydrogen-bond acceptors (Lipinski definition) is 5. The van der Waals surface area contributed by atoms with Crippen molar-refractivity contribution in [2.75, 3.05) is 14.2 Å². The van der Waals surface area contributed by atoms with Gasteiger partial charge in [-0.15, -0.1) is 0 Å². The number of rotatable bonds is 4. The molecule has 0 fully saturated rings. The number of aliphatic imine (C=N–C) groups is 1. The van der Waals surface area contributed by atoms with Gasteiger partial charge in [-0.25, -0.2) is 9.79 Å². The van der Waals surface area contributed by atoms with Crippen LogP contribution < -0.4 is 9.47 Å². The fraction of sp³-hybridized carbons (Fsp3) is 0.111. The van der Waals surface area contributed by atoms with E-state index in [2.05, 4.69) is 20.9 Å². The fourth-order valence-electron chi connectivity index (χ4n) is 2.33. The standard InChI is InChI=1S/C18H14BrNO4/c1-22-15-8-4-5-11(16(15)23-2)10-14-18(21)24-17(20-14)12-6-3-7-13(19)9-12/h3-10H,1-2H3/b14-10+. The van der Waals surface area contributed by atoms with E-state index < -0.39 is 5.97 Å². The van der Waals surface area contributed by atoms with Crippen molar-refractivity contribution >= 4 is 33.9 Å². The topological polar surface area (TPSA) is 57.1 Å². The Morgan fingerprint density at radius 1 is 1.12 bits per heavy atom. The number of halogens is 1. The van der Waals surface area contributed by atoms with E-state index >= 15 is 0 Å². The largest absolute Gasteiger partial charge is 0.493 e. The van der Waals surface area contributed by atoms with Crippen molar-refractivity contribution in [2.24, 2.45) is 4.99 Å². The lowest BCUT2D eigenvalue weighted by atomic mass is 10.1. The lowest BCUT2D eigenvalue weighted by molar-refractivity contribution is -0.129. The number of hydrogen-bond donors (Lipinski definition) is 0. The van der Waals surface area contributed by atoms with Gasteiger partial charge in [0.15, 0.2) is 17.2 Å². The van der Waals surface area contributed by atoms with Crippen LogP contribution in [0.4, 0.5) is 0 Å². The summed E-state index contributed by atoms with van der Waals surface area (Å²) in [6.07, 6.45) is 1.62. The maximum atomic E-state index is 12.1. The van der Waals surface area contributed by atoms with Crippen LogP contribution in [-0.4, -0.2) is 26.1 Å². The number of cyclic esters (lactones) is 1. The Balaban J connectivity index is 2.01. The van der Waals surface area contributed by atoms with Gasteiger partial charge in [0.2, 0.25) is 5.90 Å². The fourth-order valence-corrected chi connectivity index (χ4v) is 2.73. The number of benzene rings is 2. The number of carbonyl (C=O) groups is 1. The summed E-state index contributed by atoms with van der Waals surface area (Å²) in [6, 6.07) is 12.8. The monoisotopic (exact) mass is 387 g/mol. The molecule has 0 unspecified atom stereocenters. The molecule has 1 aliphatic heterocycles. The Morgan fingerprint density at radius 3 is 2.62 bits per heavy atom. The summed E-state index contributed by atoms with van der Waals surface area (Å²) in [7, 11) is 3.10. The van der Waals surface area contributed by atoms with Gasteiger partial charge in [-0.2, -0.15) is 0 Å². The highest BCUT2D eigenvalue weighted by Crippen LogP contribution is 2.33. The van der Waals surface area contributed by atoms with Gasteiger partial charge in [0, 0.05) is 15.6 Å². The third kappa shape index (κ3) is 3.19. The average Bonchev–Trinajstić information content (AvgIpc) is 2.95. The predicted molar refractivity (Wildman–Crippen MR) is 94.3 cm³/mol. The van der Waals surface area contributed by atoms with Crippen LogP contribution in [0.15, 0.2) is 57.6 Å². The second-order valence-electron chi connectivity index (χ2n) is 4.93. The summed E-state index contributed by atoms with van der Waals surface area (Å²) in [5.74, 6) is 0.880. The van der Waals surface area contributed by atoms with E-state index in [4.69, 9.17) is 14.2 Å². The van der Waals surface area contributed by atoms with Crippen LogP contribution >= 0.6 is 15.9 Å². The first-order valence-corrected chi connectivity index (χ1v) is 7.91. The molecule has 6 heteroatoms. The molecule has 5 nitrogen and oxygen atoms in total. The molecule has 24 heavy (non-hydrogen) atoms. The van der Waals surface area contributed by atoms with Crippen LogP contribution in [0.2, 0.25) is 0 Å². The summed E-state index contributed by atoms with van der Waals surface area (Å²) in [4.78, 5) is 16.4. The van der Waals surface area contributed by atoms with Crippen molar-refractivity contribution in [3.05, 3.63) is 63.8 Å². The molecule has 1 heterocycles. The molecule has 0 aliphatic carbocycles. The van der Waals surface area contributed by atoms with Crippen LogP contribution in [0.1, 0.15) is 11.1 Å². The van der Waals surface area contributed by atoms with Gasteiger partial charge < -0.3 is 14.2 Å². The average molecular weight is 388 g/mol. The van der Waals surface area contributed by atoms with Crippen LogP contribution in [0.25, 0.3) is 6.08 Å². The molecule has 0 atom stereocenters. The quantitative estimate of drug-likeness (QED) is 0.591. The van der Waals surface area contributed by atoms with Crippen molar-refractivity contribution < 1.29 is 19.0 Å². The molecule has 0 saturated carbocycles. The van der Waals surface area contributed by atoms with Crippen molar-refractivity contribution in [3.63, 3.8) is 0 Å². The molecular weight excluding hydrogens is 374 g/mol. The Labute approximate surface area is 147 Å². The minimum atomic E-state index is -0.505. The minimum Gasteiger partial charge on any atom is -0.493 e. The number of nitrogens with zero attached hydrogens (tertiary/aromatic N) is 1. The van der Waals surface area contributed by atoms with Gasteiger partial charge in [0.1, 0.15) is 0 Å². The molecule has 2 aromatic rings. The van der Waals surface area contributed by atoms with Crippen molar-refractivity contribution in [1.29, 1.82) is 0 Å². The lowest BCUT2D eigenvalue weighted by Crippen LogP contribution is -2.05. The predicted octanol–water partition coefficient (Wildman–Crippen LogP) is 3.81. The summed E-state index contributed by atoms with van der Waals surface area (Å²) in [5, 5.41) is 0. The second kappa shape index (κ2) is 6.88. The summed E-state index contributed by atoms with van der Waals surface area (Å²) < 4.78 is 16.8. The first-order chi connectivity index (χ1) is 11.6. The summed E-state index contributed by atoms with van der Waals surface area (Å²) in [6.45, 7) is 0. The van der Waals surface area contributed by atoms with E-state index in [0.29, 0.717) is 17.1 Å². The van der Waals surface area contributed by atoms with Crippen molar-refractivity contribution in [2.45, 2.75) is 0 Å². The summed E-state index contributed by atoms with van der Waals surface area (Å²) in [5.41, 5.74) is 1.61. The molecule has 122 valence electrons.